The molecule has 1 aliphatic carbocycles. The van der Waals surface area contributed by atoms with Gasteiger partial charge in [-0.05, 0) is 66.8 Å². The summed E-state index contributed by atoms with van der Waals surface area (Å²) in [5, 5.41) is 12.0. The highest BCUT2D eigenvalue weighted by molar-refractivity contribution is 5.97. The van der Waals surface area contributed by atoms with Crippen molar-refractivity contribution in [3.63, 3.8) is 0 Å². The van der Waals surface area contributed by atoms with Crippen molar-refractivity contribution in [2.45, 2.75) is 32.7 Å². The normalized spacial score (nSPS) is 12.9. The van der Waals surface area contributed by atoms with Crippen LogP contribution in [0.1, 0.15) is 46.8 Å². The molecule has 7 heteroatoms. The number of anilines is 1. The van der Waals surface area contributed by atoms with Crippen LogP contribution in [-0.2, 0) is 9.53 Å². The molecule has 1 atom stereocenters. The Kier molecular flexibility index (Phi) is 6.87. The fourth-order valence-electron chi connectivity index (χ4n) is 4.57. The quantitative estimate of drug-likeness (QED) is 0.487. The summed E-state index contributed by atoms with van der Waals surface area (Å²) >= 11 is 0. The van der Waals surface area contributed by atoms with E-state index in [2.05, 4.69) is 29.6 Å². The first-order valence-corrected chi connectivity index (χ1v) is 11.6. The van der Waals surface area contributed by atoms with E-state index in [4.69, 9.17) is 4.74 Å². The first-order chi connectivity index (χ1) is 16.8. The van der Waals surface area contributed by atoms with Crippen LogP contribution in [0.5, 0.6) is 0 Å². The second-order valence-corrected chi connectivity index (χ2v) is 8.59. The number of carboxylic acids is 1. The maximum atomic E-state index is 12.8. The van der Waals surface area contributed by atoms with Gasteiger partial charge in [0.25, 0.3) is 5.91 Å². The average Bonchev–Trinajstić information content (AvgIpc) is 3.18. The van der Waals surface area contributed by atoms with Crippen LogP contribution in [0, 0.1) is 6.92 Å². The second-order valence-electron chi connectivity index (χ2n) is 8.59. The Bertz CT molecular complexity index is 1240. The maximum Gasteiger partial charge on any atom is 0.411 e. The summed E-state index contributed by atoms with van der Waals surface area (Å²) in [5.74, 6) is -1.48. The molecule has 3 aromatic rings. The Morgan fingerprint density at radius 3 is 2.14 bits per heavy atom. The number of amides is 2. The highest BCUT2D eigenvalue weighted by Crippen LogP contribution is 2.44. The van der Waals surface area contributed by atoms with Gasteiger partial charge in [0, 0.05) is 23.7 Å². The molecule has 0 radical (unpaired) electrons. The van der Waals surface area contributed by atoms with E-state index in [9.17, 15) is 19.5 Å². The van der Waals surface area contributed by atoms with E-state index in [-0.39, 0.29) is 25.0 Å². The van der Waals surface area contributed by atoms with E-state index in [1.807, 2.05) is 24.3 Å². The van der Waals surface area contributed by atoms with Crippen LogP contribution in [0.4, 0.5) is 10.5 Å². The third-order valence-electron chi connectivity index (χ3n) is 6.48. The summed E-state index contributed by atoms with van der Waals surface area (Å²) < 4.78 is 5.60. The van der Waals surface area contributed by atoms with Crippen molar-refractivity contribution >= 4 is 23.7 Å². The summed E-state index contributed by atoms with van der Waals surface area (Å²) in [6, 6.07) is 20.2. The number of aliphatic carboxylic acids is 1. The number of likely N-dealkylation sites (N-methyl/N-ethyl adjacent to an activating group) is 1. The molecule has 0 aromatic heterocycles. The van der Waals surface area contributed by atoms with E-state index < -0.39 is 18.1 Å². The molecule has 0 heterocycles. The largest absolute Gasteiger partial charge is 0.480 e. The molecule has 7 nitrogen and oxygen atoms in total. The lowest BCUT2D eigenvalue weighted by Gasteiger charge is -2.25. The molecule has 1 unspecified atom stereocenters. The zero-order valence-electron chi connectivity index (χ0n) is 19.9. The fraction of sp³-hybridized carbons (Fsp3) is 0.250. The number of hydrogen-bond donors (Lipinski definition) is 2. The van der Waals surface area contributed by atoms with Crippen molar-refractivity contribution in [2.24, 2.45) is 0 Å². The van der Waals surface area contributed by atoms with Crippen LogP contribution in [0.25, 0.3) is 11.1 Å². The number of rotatable bonds is 7. The molecule has 4 rings (SSSR count). The van der Waals surface area contributed by atoms with Crippen molar-refractivity contribution in [3.8, 4) is 11.1 Å². The Hall–Kier alpha value is -4.13. The number of benzene rings is 3. The molecule has 0 saturated carbocycles. The van der Waals surface area contributed by atoms with Crippen molar-refractivity contribution in [3.05, 3.63) is 89.0 Å². The van der Waals surface area contributed by atoms with Crippen LogP contribution in [0.15, 0.2) is 66.7 Å². The van der Waals surface area contributed by atoms with Crippen molar-refractivity contribution in [2.75, 3.05) is 18.5 Å². The molecular formula is C28H28N2O5. The van der Waals surface area contributed by atoms with E-state index in [1.165, 1.54) is 11.8 Å². The number of carboxylic acid groups (broad SMARTS) is 1. The zero-order chi connectivity index (χ0) is 25.1. The van der Waals surface area contributed by atoms with Gasteiger partial charge >= 0.3 is 12.1 Å². The van der Waals surface area contributed by atoms with Crippen molar-refractivity contribution < 1.29 is 24.2 Å². The van der Waals surface area contributed by atoms with Gasteiger partial charge in [0.1, 0.15) is 12.6 Å². The van der Waals surface area contributed by atoms with Gasteiger partial charge in [0.05, 0.1) is 0 Å². The molecule has 3 aromatic carbocycles. The molecule has 2 amide bonds. The number of nitrogens with zero attached hydrogens (tertiary/aromatic N) is 1. The molecule has 35 heavy (non-hydrogen) atoms. The van der Waals surface area contributed by atoms with Crippen molar-refractivity contribution in [1.82, 2.24) is 4.90 Å². The van der Waals surface area contributed by atoms with Gasteiger partial charge in [-0.1, -0.05) is 48.5 Å². The Balaban J connectivity index is 1.43. The van der Waals surface area contributed by atoms with E-state index in [1.54, 1.807) is 32.0 Å². The van der Waals surface area contributed by atoms with Crippen LogP contribution in [-0.4, -0.2) is 47.2 Å². The number of carbonyl (C=O) groups is 3. The van der Waals surface area contributed by atoms with Crippen molar-refractivity contribution in [1.29, 1.82) is 0 Å². The van der Waals surface area contributed by atoms with Crippen LogP contribution in [0.2, 0.25) is 0 Å². The molecule has 2 N–H and O–H groups in total. The van der Waals surface area contributed by atoms with E-state index in [0.29, 0.717) is 16.8 Å². The van der Waals surface area contributed by atoms with Gasteiger partial charge in [-0.15, -0.1) is 0 Å². The lowest BCUT2D eigenvalue weighted by Crippen LogP contribution is -2.43. The fourth-order valence-corrected chi connectivity index (χ4v) is 4.57. The Morgan fingerprint density at radius 2 is 1.60 bits per heavy atom. The average molecular weight is 473 g/mol. The number of nitrogens with one attached hydrogen (secondary N) is 1. The van der Waals surface area contributed by atoms with Crippen LogP contribution in [0.3, 0.4) is 0 Å². The summed E-state index contributed by atoms with van der Waals surface area (Å²) in [5.41, 5.74) is 6.14. The second kappa shape index (κ2) is 10.0. The molecule has 180 valence electrons. The Morgan fingerprint density at radius 1 is 1.00 bits per heavy atom. The molecule has 1 aliphatic rings. The predicted octanol–water partition coefficient (Wildman–Crippen LogP) is 5.29. The van der Waals surface area contributed by atoms with Crippen LogP contribution >= 0.6 is 0 Å². The number of aryl methyl sites for hydroxylation is 1. The highest BCUT2D eigenvalue weighted by atomic mass is 16.5. The van der Waals surface area contributed by atoms with Crippen LogP contribution < -0.4 is 5.32 Å². The molecule has 0 fully saturated rings. The predicted molar refractivity (Wildman–Crippen MR) is 134 cm³/mol. The highest BCUT2D eigenvalue weighted by Gasteiger charge is 2.29. The number of carbonyl (C=O) groups excluding carboxylic acids is 2. The minimum atomic E-state index is -1.06. The lowest BCUT2D eigenvalue weighted by atomic mass is 9.98. The standard InChI is InChI=1S/C28H28N2O5/c1-4-30(18(3)27(32)33)26(31)19-13-14-25(17(2)15-19)29-28(34)35-16-24-22-11-7-5-9-20(22)21-10-6-8-12-23(21)24/h5-15,18,24H,4,16H2,1-3H3,(H,29,34)(H,32,33). The molecule has 0 aliphatic heterocycles. The molecular weight excluding hydrogens is 444 g/mol. The van der Waals surface area contributed by atoms with Gasteiger partial charge in [-0.3, -0.25) is 10.1 Å². The van der Waals surface area contributed by atoms with E-state index in [0.717, 1.165) is 22.3 Å². The third kappa shape index (κ3) is 4.75. The summed E-state index contributed by atoms with van der Waals surface area (Å²) in [7, 11) is 0. The summed E-state index contributed by atoms with van der Waals surface area (Å²) in [6.45, 7) is 5.45. The first-order valence-electron chi connectivity index (χ1n) is 11.6. The first kappa shape index (κ1) is 24.0. The van der Waals surface area contributed by atoms with E-state index >= 15 is 0 Å². The molecule has 0 saturated heterocycles. The van der Waals surface area contributed by atoms with Gasteiger partial charge in [-0.25, -0.2) is 9.59 Å². The summed E-state index contributed by atoms with van der Waals surface area (Å²) in [4.78, 5) is 38.0. The topological polar surface area (TPSA) is 95.9 Å². The monoisotopic (exact) mass is 472 g/mol. The molecule has 0 spiro atoms. The minimum absolute atomic E-state index is 0.0366. The maximum absolute atomic E-state index is 12.8. The van der Waals surface area contributed by atoms with Gasteiger partial charge in [0.15, 0.2) is 0 Å². The number of ether oxygens (including phenoxy) is 1. The lowest BCUT2D eigenvalue weighted by molar-refractivity contribution is -0.141. The zero-order valence-corrected chi connectivity index (χ0v) is 19.9. The molecule has 0 bridgehead atoms. The summed E-state index contributed by atoms with van der Waals surface area (Å²) in [6.07, 6.45) is -0.580. The third-order valence-corrected chi connectivity index (χ3v) is 6.48. The smallest absolute Gasteiger partial charge is 0.411 e. The van der Waals surface area contributed by atoms with Gasteiger partial charge in [-0.2, -0.15) is 0 Å². The van der Waals surface area contributed by atoms with Gasteiger partial charge < -0.3 is 14.7 Å². The number of hydrogen-bond acceptors (Lipinski definition) is 4. The SMILES string of the molecule is CCN(C(=O)c1ccc(NC(=O)OCC2c3ccccc3-c3ccccc32)c(C)c1)C(C)C(=O)O. The Labute approximate surface area is 204 Å². The minimum Gasteiger partial charge on any atom is -0.480 e. The number of fused-ring (bicyclic) bond motifs is 3. The van der Waals surface area contributed by atoms with Gasteiger partial charge in [0.2, 0.25) is 0 Å².